The lowest BCUT2D eigenvalue weighted by molar-refractivity contribution is -0.144. The maximum atomic E-state index is 12.0. The van der Waals surface area contributed by atoms with Crippen molar-refractivity contribution in [2.24, 2.45) is 17.8 Å². The van der Waals surface area contributed by atoms with Crippen LogP contribution in [0.4, 0.5) is 4.79 Å². The fourth-order valence-corrected chi connectivity index (χ4v) is 2.57. The Morgan fingerprint density at radius 2 is 2.00 bits per heavy atom. The van der Waals surface area contributed by atoms with Gasteiger partial charge in [-0.25, -0.2) is 4.79 Å². The normalized spacial score (nSPS) is 22.0. The zero-order valence-electron chi connectivity index (χ0n) is 11.1. The first-order valence-electron chi connectivity index (χ1n) is 6.72. The first kappa shape index (κ1) is 13.2. The summed E-state index contributed by atoms with van der Waals surface area (Å²) in [5, 5.41) is 8.90. The van der Waals surface area contributed by atoms with Crippen LogP contribution in [0.3, 0.4) is 0 Å². The molecule has 1 atom stereocenters. The fourth-order valence-electron chi connectivity index (χ4n) is 2.57. The number of carbonyl (C=O) groups excluding carboxylic acids is 1. The number of hydrogen-bond acceptors (Lipinski definition) is 2. The van der Waals surface area contributed by atoms with Crippen LogP contribution < -0.4 is 0 Å². The fraction of sp³-hybridized carbons (Fsp3) is 0.846. The van der Waals surface area contributed by atoms with E-state index in [0.717, 1.165) is 6.54 Å². The zero-order chi connectivity index (χ0) is 13.3. The molecule has 5 nitrogen and oxygen atoms in total. The summed E-state index contributed by atoms with van der Waals surface area (Å²) in [4.78, 5) is 26.4. The minimum absolute atomic E-state index is 0.0516. The molecular weight excluding hydrogens is 232 g/mol. The van der Waals surface area contributed by atoms with Crippen LogP contribution in [0.2, 0.25) is 0 Å². The molecule has 1 N–H and O–H groups in total. The number of carboxylic acids is 1. The molecule has 1 saturated heterocycles. The first-order valence-corrected chi connectivity index (χ1v) is 6.72. The number of carboxylic acid groups (broad SMARTS) is 1. The second-order valence-corrected chi connectivity index (χ2v) is 5.75. The van der Waals surface area contributed by atoms with Gasteiger partial charge in [0.15, 0.2) is 0 Å². The van der Waals surface area contributed by atoms with E-state index in [1.807, 2.05) is 7.05 Å². The van der Waals surface area contributed by atoms with E-state index >= 15 is 0 Å². The largest absolute Gasteiger partial charge is 0.481 e. The van der Waals surface area contributed by atoms with Crippen molar-refractivity contribution in [3.8, 4) is 0 Å². The van der Waals surface area contributed by atoms with Gasteiger partial charge in [-0.05, 0) is 18.8 Å². The molecule has 0 aromatic carbocycles. The summed E-state index contributed by atoms with van der Waals surface area (Å²) in [5.74, 6) is -0.335. The summed E-state index contributed by atoms with van der Waals surface area (Å²) in [6.07, 6.45) is 3.75. The number of carbonyl (C=O) groups is 2. The number of hydrogen-bond donors (Lipinski definition) is 1. The molecule has 0 aromatic rings. The van der Waals surface area contributed by atoms with Gasteiger partial charge in [0.2, 0.25) is 0 Å². The van der Waals surface area contributed by atoms with E-state index in [-0.39, 0.29) is 17.9 Å². The first-order chi connectivity index (χ1) is 8.49. The third-order valence-electron chi connectivity index (χ3n) is 4.36. The van der Waals surface area contributed by atoms with Gasteiger partial charge in [-0.3, -0.25) is 4.79 Å². The average Bonchev–Trinajstić information content (AvgIpc) is 2.20. The molecule has 102 valence electrons. The zero-order valence-corrected chi connectivity index (χ0v) is 11.1. The molecule has 5 heteroatoms. The Labute approximate surface area is 108 Å². The van der Waals surface area contributed by atoms with Crippen molar-refractivity contribution in [2.45, 2.75) is 26.2 Å². The van der Waals surface area contributed by atoms with Crippen molar-refractivity contribution in [2.75, 3.05) is 26.7 Å². The number of urea groups is 1. The molecule has 18 heavy (non-hydrogen) atoms. The molecule has 2 fully saturated rings. The summed E-state index contributed by atoms with van der Waals surface area (Å²) >= 11 is 0. The molecule has 0 spiro atoms. The van der Waals surface area contributed by atoms with E-state index in [1.165, 1.54) is 19.3 Å². The lowest BCUT2D eigenvalue weighted by Gasteiger charge is -2.43. The Kier molecular flexibility index (Phi) is 3.78. The summed E-state index contributed by atoms with van der Waals surface area (Å²) in [6, 6.07) is 0.0516. The standard InChI is InChI=1S/C13H22N2O3/c1-9(12(16)17)11-7-15(8-11)13(18)14(2)6-10-4-3-5-10/h9-11H,3-8H2,1-2H3,(H,16,17). The molecule has 0 bridgehead atoms. The van der Waals surface area contributed by atoms with Gasteiger partial charge in [0.05, 0.1) is 5.92 Å². The topological polar surface area (TPSA) is 60.9 Å². The van der Waals surface area contributed by atoms with Gasteiger partial charge >= 0.3 is 12.0 Å². The second-order valence-electron chi connectivity index (χ2n) is 5.75. The summed E-state index contributed by atoms with van der Waals surface area (Å²) < 4.78 is 0. The summed E-state index contributed by atoms with van der Waals surface area (Å²) in [7, 11) is 1.84. The van der Waals surface area contributed by atoms with E-state index in [1.54, 1.807) is 16.7 Å². The SMILES string of the molecule is CC(C(=O)O)C1CN(C(=O)N(C)CC2CCC2)C1. The van der Waals surface area contributed by atoms with Gasteiger partial charge < -0.3 is 14.9 Å². The molecule has 1 aliphatic heterocycles. The van der Waals surface area contributed by atoms with E-state index in [2.05, 4.69) is 0 Å². The molecule has 2 amide bonds. The highest BCUT2D eigenvalue weighted by Crippen LogP contribution is 2.28. The Balaban J connectivity index is 1.73. The monoisotopic (exact) mass is 254 g/mol. The highest BCUT2D eigenvalue weighted by atomic mass is 16.4. The van der Waals surface area contributed by atoms with Crippen molar-refractivity contribution in [3.63, 3.8) is 0 Å². The second kappa shape index (κ2) is 5.16. The summed E-state index contributed by atoms with van der Waals surface area (Å²) in [6.45, 7) is 3.73. The molecule has 1 unspecified atom stereocenters. The predicted octanol–water partition coefficient (Wildman–Crippen LogP) is 1.49. The minimum Gasteiger partial charge on any atom is -0.481 e. The van der Waals surface area contributed by atoms with Gasteiger partial charge in [-0.1, -0.05) is 13.3 Å². The lowest BCUT2D eigenvalue weighted by Crippen LogP contribution is -2.57. The Hall–Kier alpha value is -1.26. The molecule has 1 heterocycles. The number of likely N-dealkylation sites (tertiary alicyclic amines) is 1. The van der Waals surface area contributed by atoms with Crippen molar-refractivity contribution in [3.05, 3.63) is 0 Å². The van der Waals surface area contributed by atoms with E-state index in [0.29, 0.717) is 19.0 Å². The number of nitrogens with zero attached hydrogens (tertiary/aromatic N) is 2. The van der Waals surface area contributed by atoms with E-state index in [9.17, 15) is 9.59 Å². The number of amides is 2. The van der Waals surface area contributed by atoms with Crippen molar-refractivity contribution < 1.29 is 14.7 Å². The molecule has 0 radical (unpaired) electrons. The predicted molar refractivity (Wildman–Crippen MR) is 67.2 cm³/mol. The van der Waals surface area contributed by atoms with Gasteiger partial charge in [-0.15, -0.1) is 0 Å². The lowest BCUT2D eigenvalue weighted by atomic mass is 9.85. The minimum atomic E-state index is -0.769. The summed E-state index contributed by atoms with van der Waals surface area (Å²) in [5.41, 5.74) is 0. The maximum Gasteiger partial charge on any atom is 0.319 e. The highest BCUT2D eigenvalue weighted by Gasteiger charge is 2.38. The van der Waals surface area contributed by atoms with Gasteiger partial charge in [0, 0.05) is 32.6 Å². The van der Waals surface area contributed by atoms with Crippen LogP contribution in [-0.2, 0) is 4.79 Å². The van der Waals surface area contributed by atoms with Gasteiger partial charge in [0.25, 0.3) is 0 Å². The Bertz CT molecular complexity index is 335. The molecule has 2 aliphatic rings. The number of aliphatic carboxylic acids is 1. The Morgan fingerprint density at radius 3 is 2.44 bits per heavy atom. The van der Waals surface area contributed by atoms with Crippen molar-refractivity contribution in [1.82, 2.24) is 9.80 Å². The molecule has 1 saturated carbocycles. The molecule has 1 aliphatic carbocycles. The maximum absolute atomic E-state index is 12.0. The average molecular weight is 254 g/mol. The van der Waals surface area contributed by atoms with Crippen LogP contribution in [-0.4, -0.2) is 53.6 Å². The Morgan fingerprint density at radius 1 is 1.39 bits per heavy atom. The van der Waals surface area contributed by atoms with Crippen LogP contribution in [0.25, 0.3) is 0 Å². The van der Waals surface area contributed by atoms with Crippen LogP contribution >= 0.6 is 0 Å². The molecule has 2 rings (SSSR count). The third kappa shape index (κ3) is 2.60. The van der Waals surface area contributed by atoms with Crippen LogP contribution in [0, 0.1) is 17.8 Å². The highest BCUT2D eigenvalue weighted by molar-refractivity contribution is 5.76. The van der Waals surface area contributed by atoms with Crippen molar-refractivity contribution in [1.29, 1.82) is 0 Å². The van der Waals surface area contributed by atoms with Crippen molar-refractivity contribution >= 4 is 12.0 Å². The molecule has 0 aromatic heterocycles. The number of rotatable bonds is 4. The quantitative estimate of drug-likeness (QED) is 0.827. The van der Waals surface area contributed by atoms with E-state index in [4.69, 9.17) is 5.11 Å². The van der Waals surface area contributed by atoms with Crippen LogP contribution in [0.5, 0.6) is 0 Å². The smallest absolute Gasteiger partial charge is 0.319 e. The molecular formula is C13H22N2O3. The third-order valence-corrected chi connectivity index (χ3v) is 4.36. The van der Waals surface area contributed by atoms with Crippen LogP contribution in [0.15, 0.2) is 0 Å². The van der Waals surface area contributed by atoms with Crippen LogP contribution in [0.1, 0.15) is 26.2 Å². The van der Waals surface area contributed by atoms with E-state index < -0.39 is 5.97 Å². The van der Waals surface area contributed by atoms with Gasteiger partial charge in [0.1, 0.15) is 0 Å². The van der Waals surface area contributed by atoms with Gasteiger partial charge in [-0.2, -0.15) is 0 Å².